The molecule has 1 aromatic heterocycles. The van der Waals surface area contributed by atoms with Gasteiger partial charge in [-0.1, -0.05) is 30.3 Å². The smallest absolute Gasteiger partial charge is 0.385 e. The first-order chi connectivity index (χ1) is 14.7. The van der Waals surface area contributed by atoms with Gasteiger partial charge in [0, 0.05) is 30.4 Å². The fraction of sp³-hybridized carbons (Fsp3) is 0.545. The van der Waals surface area contributed by atoms with E-state index in [0.717, 1.165) is 22.3 Å². The topological polar surface area (TPSA) is 65.5 Å². The van der Waals surface area contributed by atoms with Crippen LogP contribution in [0.3, 0.4) is 0 Å². The Kier molecular flexibility index (Phi) is 6.25. The minimum absolute atomic E-state index is 0.0162. The number of carbonyl (C=O) groups excluding carboxylic acids is 1. The average molecular weight is 454 g/mol. The van der Waals surface area contributed by atoms with Crippen molar-refractivity contribution in [2.75, 3.05) is 13.1 Å². The van der Waals surface area contributed by atoms with Gasteiger partial charge in [0.05, 0.1) is 10.6 Å². The van der Waals surface area contributed by atoms with Crippen molar-refractivity contribution >= 4 is 17.4 Å². The summed E-state index contributed by atoms with van der Waals surface area (Å²) in [5.41, 5.74) is -0.762. The van der Waals surface area contributed by atoms with E-state index < -0.39 is 17.5 Å². The van der Waals surface area contributed by atoms with E-state index in [1.165, 1.54) is 0 Å². The van der Waals surface area contributed by atoms with Gasteiger partial charge in [0.25, 0.3) is 0 Å². The Bertz CT molecular complexity index is 887. The summed E-state index contributed by atoms with van der Waals surface area (Å²) in [4.78, 5) is 18.2. The number of halogens is 3. The summed E-state index contributed by atoms with van der Waals surface area (Å²) < 4.78 is 38.3. The molecule has 168 valence electrons. The summed E-state index contributed by atoms with van der Waals surface area (Å²) in [5.74, 6) is -0.0410. The van der Waals surface area contributed by atoms with Crippen LogP contribution >= 0.6 is 11.3 Å². The standard InChI is InChI=1S/C22H26F3N3O2S/c23-22(24,25)18-14-31-19(27-18)15-8-12-28(13-9-15)20(29)26-17-6-10-21(30,11-7-17)16-4-2-1-3-5-16/h1-5,14-15,17,30H,6-13H2,(H,26,29). The molecule has 2 heterocycles. The van der Waals surface area contributed by atoms with Crippen molar-refractivity contribution < 1.29 is 23.1 Å². The molecule has 1 aromatic carbocycles. The number of amides is 2. The van der Waals surface area contributed by atoms with E-state index >= 15 is 0 Å². The van der Waals surface area contributed by atoms with Gasteiger partial charge in [0.15, 0.2) is 5.69 Å². The molecule has 5 nitrogen and oxygen atoms in total. The molecule has 1 aliphatic carbocycles. The lowest BCUT2D eigenvalue weighted by molar-refractivity contribution is -0.140. The number of hydrogen-bond donors (Lipinski definition) is 2. The summed E-state index contributed by atoms with van der Waals surface area (Å²) >= 11 is 1.05. The number of aromatic nitrogens is 1. The fourth-order valence-corrected chi connectivity index (χ4v) is 5.48. The molecule has 0 radical (unpaired) electrons. The van der Waals surface area contributed by atoms with Crippen LogP contribution in [0.25, 0.3) is 0 Å². The van der Waals surface area contributed by atoms with Gasteiger partial charge in [-0.15, -0.1) is 11.3 Å². The van der Waals surface area contributed by atoms with Crippen molar-refractivity contribution in [3.8, 4) is 0 Å². The third-order valence-electron chi connectivity index (χ3n) is 6.40. The zero-order valence-electron chi connectivity index (χ0n) is 17.1. The van der Waals surface area contributed by atoms with Crippen LogP contribution in [0.2, 0.25) is 0 Å². The van der Waals surface area contributed by atoms with Crippen molar-refractivity contribution in [2.45, 2.75) is 62.3 Å². The Balaban J connectivity index is 1.25. The molecule has 31 heavy (non-hydrogen) atoms. The number of hydrogen-bond acceptors (Lipinski definition) is 4. The molecule has 1 saturated heterocycles. The Morgan fingerprint density at radius 3 is 2.35 bits per heavy atom. The highest BCUT2D eigenvalue weighted by molar-refractivity contribution is 7.09. The van der Waals surface area contributed by atoms with Crippen LogP contribution in [-0.4, -0.2) is 40.2 Å². The van der Waals surface area contributed by atoms with Crippen LogP contribution in [0.1, 0.15) is 60.7 Å². The van der Waals surface area contributed by atoms with Gasteiger partial charge in [0.2, 0.25) is 0 Å². The highest BCUT2D eigenvalue weighted by Crippen LogP contribution is 2.38. The molecule has 0 unspecified atom stereocenters. The van der Waals surface area contributed by atoms with Crippen molar-refractivity contribution in [2.24, 2.45) is 0 Å². The van der Waals surface area contributed by atoms with E-state index in [2.05, 4.69) is 10.3 Å². The summed E-state index contributed by atoms with van der Waals surface area (Å²) in [7, 11) is 0. The number of carbonyl (C=O) groups is 1. The average Bonchev–Trinajstić information content (AvgIpc) is 3.27. The van der Waals surface area contributed by atoms with Crippen LogP contribution in [0.15, 0.2) is 35.7 Å². The number of urea groups is 1. The highest BCUT2D eigenvalue weighted by atomic mass is 32.1. The quantitative estimate of drug-likeness (QED) is 0.696. The van der Waals surface area contributed by atoms with Crippen molar-refractivity contribution in [3.63, 3.8) is 0 Å². The molecule has 2 N–H and O–H groups in total. The number of thiazole rings is 1. The van der Waals surface area contributed by atoms with Gasteiger partial charge >= 0.3 is 12.2 Å². The normalized spacial score (nSPS) is 25.4. The third-order valence-corrected chi connectivity index (χ3v) is 7.40. The predicted molar refractivity (Wildman–Crippen MR) is 112 cm³/mol. The molecule has 1 aliphatic heterocycles. The maximum atomic E-state index is 12.8. The lowest BCUT2D eigenvalue weighted by Gasteiger charge is -2.38. The van der Waals surface area contributed by atoms with E-state index in [0.29, 0.717) is 56.6 Å². The summed E-state index contributed by atoms with van der Waals surface area (Å²) in [6, 6.07) is 9.50. The second-order valence-corrected chi connectivity index (χ2v) is 9.34. The molecule has 2 aliphatic rings. The number of rotatable bonds is 3. The maximum absolute atomic E-state index is 12.8. The van der Waals surface area contributed by atoms with Crippen LogP contribution in [0.5, 0.6) is 0 Å². The first-order valence-electron chi connectivity index (χ1n) is 10.6. The van der Waals surface area contributed by atoms with E-state index in [1.54, 1.807) is 4.90 Å². The molecular weight excluding hydrogens is 427 g/mol. The lowest BCUT2D eigenvalue weighted by Crippen LogP contribution is -2.49. The minimum atomic E-state index is -4.41. The first-order valence-corrected chi connectivity index (χ1v) is 11.5. The van der Waals surface area contributed by atoms with Gasteiger partial charge in [-0.3, -0.25) is 0 Å². The molecule has 2 fully saturated rings. The summed E-state index contributed by atoms with van der Waals surface area (Å²) in [5, 5.41) is 15.6. The lowest BCUT2D eigenvalue weighted by atomic mass is 9.78. The van der Waals surface area contributed by atoms with Gasteiger partial charge < -0.3 is 15.3 Å². The molecule has 0 atom stereocenters. The molecule has 9 heteroatoms. The number of benzene rings is 1. The molecule has 0 bridgehead atoms. The third kappa shape index (κ3) is 5.03. The number of likely N-dealkylation sites (tertiary alicyclic amines) is 1. The molecule has 4 rings (SSSR count). The molecule has 1 saturated carbocycles. The van der Waals surface area contributed by atoms with Gasteiger partial charge in [0.1, 0.15) is 0 Å². The monoisotopic (exact) mass is 453 g/mol. The number of nitrogens with one attached hydrogen (secondary N) is 1. The number of alkyl halides is 3. The molecule has 2 amide bonds. The predicted octanol–water partition coefficient (Wildman–Crippen LogP) is 4.88. The second kappa shape index (κ2) is 8.78. The van der Waals surface area contributed by atoms with E-state index in [-0.39, 0.29) is 18.0 Å². The second-order valence-electron chi connectivity index (χ2n) is 8.45. The molecule has 2 aromatic rings. The highest BCUT2D eigenvalue weighted by Gasteiger charge is 2.37. The van der Waals surface area contributed by atoms with Crippen molar-refractivity contribution in [3.05, 3.63) is 52.0 Å². The zero-order valence-corrected chi connectivity index (χ0v) is 17.9. The molecular formula is C22H26F3N3O2S. The van der Waals surface area contributed by atoms with Crippen LogP contribution in [0, 0.1) is 0 Å². The summed E-state index contributed by atoms with van der Waals surface area (Å²) in [6.45, 7) is 0.996. The maximum Gasteiger partial charge on any atom is 0.434 e. The largest absolute Gasteiger partial charge is 0.434 e. The SMILES string of the molecule is O=C(NC1CCC(O)(c2ccccc2)CC1)N1CCC(c2nc(C(F)(F)F)cs2)CC1. The Hall–Kier alpha value is -2.13. The van der Waals surface area contributed by atoms with Gasteiger partial charge in [-0.05, 0) is 44.1 Å². The Morgan fingerprint density at radius 2 is 1.77 bits per heavy atom. The van der Waals surface area contributed by atoms with Crippen molar-refractivity contribution in [1.82, 2.24) is 15.2 Å². The van der Waals surface area contributed by atoms with E-state index in [9.17, 15) is 23.1 Å². The number of piperidine rings is 1. The Morgan fingerprint density at radius 1 is 1.13 bits per heavy atom. The summed E-state index contributed by atoms with van der Waals surface area (Å²) in [6.07, 6.45) is -0.611. The number of aliphatic hydroxyl groups is 1. The van der Waals surface area contributed by atoms with E-state index in [1.807, 2.05) is 30.3 Å². The first kappa shape index (κ1) is 22.1. The molecule has 0 spiro atoms. The zero-order chi connectivity index (χ0) is 22.1. The van der Waals surface area contributed by atoms with Crippen LogP contribution < -0.4 is 5.32 Å². The van der Waals surface area contributed by atoms with E-state index in [4.69, 9.17) is 0 Å². The van der Waals surface area contributed by atoms with Crippen molar-refractivity contribution in [1.29, 1.82) is 0 Å². The Labute approximate surface area is 183 Å². The van der Waals surface area contributed by atoms with Crippen LogP contribution in [-0.2, 0) is 11.8 Å². The van der Waals surface area contributed by atoms with Crippen LogP contribution in [0.4, 0.5) is 18.0 Å². The minimum Gasteiger partial charge on any atom is -0.385 e. The van der Waals surface area contributed by atoms with Gasteiger partial charge in [-0.25, -0.2) is 9.78 Å². The fourth-order valence-electron chi connectivity index (χ4n) is 4.48. The number of nitrogens with zero attached hydrogens (tertiary/aromatic N) is 2. The van der Waals surface area contributed by atoms with Gasteiger partial charge in [-0.2, -0.15) is 13.2 Å².